The second kappa shape index (κ2) is 7.23. The molecule has 3 N–H and O–H groups in total. The number of nitrogen functional groups attached to an aromatic ring is 1. The van der Waals surface area contributed by atoms with E-state index in [2.05, 4.69) is 48.8 Å². The summed E-state index contributed by atoms with van der Waals surface area (Å²) in [4.78, 5) is 12.5. The minimum Gasteiger partial charge on any atom is -0.479 e. The van der Waals surface area contributed by atoms with Gasteiger partial charge in [-0.1, -0.05) is 20.8 Å². The Hall–Kier alpha value is -1.78. The third-order valence-corrected chi connectivity index (χ3v) is 10.6. The first kappa shape index (κ1) is 20.9. The number of aliphatic hydroxyl groups is 1. The molecule has 0 spiro atoms. The smallest absolute Gasteiger partial charge is 0.246 e. The standard InChI is InChI=1S/C18H30FN5O3Si/c1-18(2,3)28(5,6)27-8-10-7-11(12(19)14(10)25)24-9-21-13-15(24)22-17(20)23-16(13)26-4/h9-12,14,25H,7-8H2,1-6H3,(H2,20,22,23)/t10-,11-,12-,14-/m0/s1. The van der Waals surface area contributed by atoms with Crippen LogP contribution in [0.2, 0.25) is 18.1 Å². The third-order valence-electron chi connectivity index (χ3n) is 6.14. The van der Waals surface area contributed by atoms with Gasteiger partial charge in [0.25, 0.3) is 0 Å². The maximum absolute atomic E-state index is 15.0. The molecule has 0 bridgehead atoms. The molecule has 0 aromatic carbocycles. The molecule has 4 atom stereocenters. The number of hydrogen-bond donors (Lipinski definition) is 2. The van der Waals surface area contributed by atoms with E-state index in [1.165, 1.54) is 13.4 Å². The monoisotopic (exact) mass is 411 g/mol. The van der Waals surface area contributed by atoms with Crippen LogP contribution in [0, 0.1) is 5.92 Å². The summed E-state index contributed by atoms with van der Waals surface area (Å²) >= 11 is 0. The predicted octanol–water partition coefficient (Wildman–Crippen LogP) is 2.70. The van der Waals surface area contributed by atoms with Gasteiger partial charge in [-0.05, 0) is 24.6 Å². The van der Waals surface area contributed by atoms with Crippen LogP contribution in [-0.2, 0) is 4.43 Å². The van der Waals surface area contributed by atoms with Gasteiger partial charge in [-0.2, -0.15) is 9.97 Å². The van der Waals surface area contributed by atoms with Crippen LogP contribution in [-0.4, -0.2) is 58.9 Å². The number of aliphatic hydroxyl groups excluding tert-OH is 1. The third kappa shape index (κ3) is 3.60. The summed E-state index contributed by atoms with van der Waals surface area (Å²) in [7, 11) is -0.518. The lowest BCUT2D eigenvalue weighted by Crippen LogP contribution is -2.42. The van der Waals surface area contributed by atoms with E-state index in [1.54, 1.807) is 4.57 Å². The topological polar surface area (TPSA) is 108 Å². The van der Waals surface area contributed by atoms with Gasteiger partial charge in [0, 0.05) is 12.5 Å². The maximum Gasteiger partial charge on any atom is 0.246 e. The van der Waals surface area contributed by atoms with Crippen molar-refractivity contribution in [3.63, 3.8) is 0 Å². The summed E-state index contributed by atoms with van der Waals surface area (Å²) in [5, 5.41) is 10.6. The lowest BCUT2D eigenvalue weighted by molar-refractivity contribution is 0.0419. The normalized spacial score (nSPS) is 26.1. The molecule has 1 fully saturated rings. The number of anilines is 1. The second-order valence-corrected chi connectivity index (χ2v) is 13.8. The Morgan fingerprint density at radius 3 is 2.64 bits per heavy atom. The Bertz CT molecular complexity index is 854. The number of ether oxygens (including phenoxy) is 1. The lowest BCUT2D eigenvalue weighted by Gasteiger charge is -2.37. The van der Waals surface area contributed by atoms with Crippen LogP contribution in [0.25, 0.3) is 11.2 Å². The SMILES string of the molecule is COc1nc(N)nc2c1ncn2[C@H]1C[C@@H](CO[Si](C)(C)C(C)(C)C)[C@H](O)[C@H]1F. The van der Waals surface area contributed by atoms with Crippen molar-refractivity contribution in [2.45, 2.75) is 63.6 Å². The van der Waals surface area contributed by atoms with E-state index in [-0.39, 0.29) is 22.8 Å². The molecule has 0 saturated heterocycles. The fourth-order valence-corrected chi connectivity index (χ4v) is 4.39. The fraction of sp³-hybridized carbons (Fsp3) is 0.722. The number of hydrogen-bond acceptors (Lipinski definition) is 7. The molecule has 8 nitrogen and oxygen atoms in total. The summed E-state index contributed by atoms with van der Waals surface area (Å²) in [6, 6.07) is -0.605. The molecule has 0 unspecified atom stereocenters. The Morgan fingerprint density at radius 2 is 2.04 bits per heavy atom. The number of halogens is 1. The first-order valence-corrected chi connectivity index (χ1v) is 12.4. The zero-order valence-corrected chi connectivity index (χ0v) is 18.3. The number of imidazole rings is 1. The van der Waals surface area contributed by atoms with E-state index in [1.807, 2.05) is 0 Å². The number of methoxy groups -OCH3 is 1. The minimum atomic E-state index is -1.98. The number of aromatic nitrogens is 4. The molecule has 1 aliphatic carbocycles. The van der Waals surface area contributed by atoms with Crippen molar-refractivity contribution in [2.75, 3.05) is 19.5 Å². The van der Waals surface area contributed by atoms with E-state index in [0.717, 1.165) is 0 Å². The molecular formula is C18H30FN5O3Si. The van der Waals surface area contributed by atoms with Gasteiger partial charge >= 0.3 is 0 Å². The van der Waals surface area contributed by atoms with E-state index in [9.17, 15) is 5.11 Å². The van der Waals surface area contributed by atoms with Crippen molar-refractivity contribution in [1.29, 1.82) is 0 Å². The fourth-order valence-electron chi connectivity index (χ4n) is 3.32. The summed E-state index contributed by atoms with van der Waals surface area (Å²) < 4.78 is 28.1. The van der Waals surface area contributed by atoms with E-state index in [4.69, 9.17) is 14.9 Å². The van der Waals surface area contributed by atoms with Gasteiger partial charge in [-0.25, -0.2) is 9.37 Å². The highest BCUT2D eigenvalue weighted by Gasteiger charge is 2.46. The van der Waals surface area contributed by atoms with Gasteiger partial charge in [0.05, 0.1) is 25.6 Å². The molecule has 1 saturated carbocycles. The van der Waals surface area contributed by atoms with Crippen molar-refractivity contribution in [3.8, 4) is 5.88 Å². The molecule has 156 valence electrons. The van der Waals surface area contributed by atoms with Gasteiger partial charge in [-0.15, -0.1) is 0 Å². The highest BCUT2D eigenvalue weighted by molar-refractivity contribution is 6.74. The Labute approximate surface area is 165 Å². The Kier molecular flexibility index (Phi) is 5.41. The van der Waals surface area contributed by atoms with Crippen molar-refractivity contribution in [1.82, 2.24) is 19.5 Å². The summed E-state index contributed by atoms with van der Waals surface area (Å²) in [5.74, 6) is -0.0291. The molecule has 0 aliphatic heterocycles. The lowest BCUT2D eigenvalue weighted by atomic mass is 10.1. The summed E-state index contributed by atoms with van der Waals surface area (Å²) in [5.41, 5.74) is 6.57. The van der Waals surface area contributed by atoms with Crippen LogP contribution >= 0.6 is 0 Å². The van der Waals surface area contributed by atoms with E-state index in [0.29, 0.717) is 24.2 Å². The van der Waals surface area contributed by atoms with Crippen molar-refractivity contribution in [3.05, 3.63) is 6.33 Å². The first-order chi connectivity index (χ1) is 13.0. The zero-order chi connectivity index (χ0) is 20.9. The minimum absolute atomic E-state index is 0.0258. The maximum atomic E-state index is 15.0. The quantitative estimate of drug-likeness (QED) is 0.728. The molecule has 2 heterocycles. The average Bonchev–Trinajstić information content (AvgIpc) is 3.13. The van der Waals surface area contributed by atoms with Crippen molar-refractivity contribution >= 4 is 25.4 Å². The van der Waals surface area contributed by atoms with Gasteiger partial charge in [0.1, 0.15) is 6.17 Å². The predicted molar refractivity (Wildman–Crippen MR) is 107 cm³/mol. The molecule has 0 radical (unpaired) electrons. The Balaban J connectivity index is 1.83. The van der Waals surface area contributed by atoms with Gasteiger partial charge in [0.2, 0.25) is 11.8 Å². The number of nitrogens with zero attached hydrogens (tertiary/aromatic N) is 4. The zero-order valence-electron chi connectivity index (χ0n) is 17.3. The van der Waals surface area contributed by atoms with Crippen LogP contribution in [0.15, 0.2) is 6.33 Å². The van der Waals surface area contributed by atoms with Crippen LogP contribution < -0.4 is 10.5 Å². The molecule has 10 heteroatoms. The Morgan fingerprint density at radius 1 is 1.36 bits per heavy atom. The van der Waals surface area contributed by atoms with E-state index < -0.39 is 26.6 Å². The first-order valence-electron chi connectivity index (χ1n) is 9.46. The number of fused-ring (bicyclic) bond motifs is 1. The van der Waals surface area contributed by atoms with Crippen molar-refractivity contribution in [2.24, 2.45) is 5.92 Å². The van der Waals surface area contributed by atoms with Crippen LogP contribution in [0.1, 0.15) is 33.2 Å². The second-order valence-electron chi connectivity index (χ2n) is 8.98. The van der Waals surface area contributed by atoms with E-state index >= 15 is 4.39 Å². The summed E-state index contributed by atoms with van der Waals surface area (Å²) in [6.07, 6.45) is -0.627. The van der Waals surface area contributed by atoms with Crippen LogP contribution in [0.5, 0.6) is 5.88 Å². The molecule has 28 heavy (non-hydrogen) atoms. The average molecular weight is 412 g/mol. The molecule has 3 rings (SSSR count). The van der Waals surface area contributed by atoms with Gasteiger partial charge in [0.15, 0.2) is 19.5 Å². The largest absolute Gasteiger partial charge is 0.479 e. The highest BCUT2D eigenvalue weighted by Crippen LogP contribution is 2.42. The van der Waals surface area contributed by atoms with Gasteiger partial charge in [-0.3, -0.25) is 0 Å². The molecule has 2 aromatic rings. The summed E-state index contributed by atoms with van der Waals surface area (Å²) in [6.45, 7) is 11.1. The van der Waals surface area contributed by atoms with Crippen LogP contribution in [0.4, 0.5) is 10.3 Å². The number of nitrogens with two attached hydrogens (primary N) is 1. The van der Waals surface area contributed by atoms with Crippen LogP contribution in [0.3, 0.4) is 0 Å². The van der Waals surface area contributed by atoms with Gasteiger partial charge < -0.3 is 24.6 Å². The highest BCUT2D eigenvalue weighted by atomic mass is 28.4. The molecule has 2 aromatic heterocycles. The molecule has 0 amide bonds. The molecular weight excluding hydrogens is 381 g/mol. The number of alkyl halides is 1. The molecule has 1 aliphatic rings. The number of rotatable bonds is 5. The van der Waals surface area contributed by atoms with Crippen molar-refractivity contribution < 1.29 is 18.7 Å².